The number of benzene rings is 2. The Kier molecular flexibility index (Phi) is 4.49. The summed E-state index contributed by atoms with van der Waals surface area (Å²) in [7, 11) is 0. The Labute approximate surface area is 138 Å². The Morgan fingerprint density at radius 1 is 1.09 bits per heavy atom. The lowest BCUT2D eigenvalue weighted by Crippen LogP contribution is -2.23. The number of aryl methyl sites for hydroxylation is 2. The summed E-state index contributed by atoms with van der Waals surface area (Å²) in [5.41, 5.74) is 6.84. The molecule has 0 aromatic heterocycles. The minimum absolute atomic E-state index is 0.160. The van der Waals surface area contributed by atoms with Crippen LogP contribution in [-0.4, -0.2) is 17.4 Å². The zero-order valence-electron chi connectivity index (χ0n) is 14.1. The molecule has 3 nitrogen and oxygen atoms in total. The number of amides is 1. The van der Waals surface area contributed by atoms with Crippen LogP contribution in [0.25, 0.3) is 0 Å². The molecule has 0 unspecified atom stereocenters. The van der Waals surface area contributed by atoms with E-state index in [-0.39, 0.29) is 5.91 Å². The number of rotatable bonds is 5. The van der Waals surface area contributed by atoms with Crippen LogP contribution in [0.15, 0.2) is 36.4 Å². The summed E-state index contributed by atoms with van der Waals surface area (Å²) < 4.78 is 0. The van der Waals surface area contributed by atoms with E-state index in [0.29, 0.717) is 13.1 Å². The number of hydrogen-bond acceptors (Lipinski definition) is 2. The van der Waals surface area contributed by atoms with Crippen molar-refractivity contribution in [2.75, 3.05) is 6.54 Å². The van der Waals surface area contributed by atoms with Crippen LogP contribution in [0.2, 0.25) is 0 Å². The summed E-state index contributed by atoms with van der Waals surface area (Å²) in [5, 5.41) is 3.35. The molecule has 0 atom stereocenters. The van der Waals surface area contributed by atoms with Gasteiger partial charge in [-0.3, -0.25) is 4.79 Å². The second-order valence-electron chi connectivity index (χ2n) is 6.37. The third-order valence-corrected chi connectivity index (χ3v) is 4.41. The standard InChI is InChI=1S/C20H24N2O/c1-4-21-11-17-9-15(3)19-18(10-17)13-22(20(19)23)12-16-7-5-14(2)6-8-16/h5-10,21H,4,11-13H2,1-3H3. The first-order valence-electron chi connectivity index (χ1n) is 8.26. The Hall–Kier alpha value is -2.13. The van der Waals surface area contributed by atoms with Gasteiger partial charge < -0.3 is 10.2 Å². The molecule has 23 heavy (non-hydrogen) atoms. The van der Waals surface area contributed by atoms with Crippen LogP contribution in [0.1, 0.15) is 45.1 Å². The topological polar surface area (TPSA) is 32.3 Å². The van der Waals surface area contributed by atoms with E-state index < -0.39 is 0 Å². The zero-order chi connectivity index (χ0) is 16.4. The molecule has 0 saturated heterocycles. The molecule has 0 aliphatic carbocycles. The minimum Gasteiger partial charge on any atom is -0.330 e. The first-order chi connectivity index (χ1) is 11.1. The maximum Gasteiger partial charge on any atom is 0.255 e. The number of carbonyl (C=O) groups excluding carboxylic acids is 1. The van der Waals surface area contributed by atoms with Gasteiger partial charge in [0.05, 0.1) is 0 Å². The number of nitrogens with one attached hydrogen (secondary N) is 1. The second kappa shape index (κ2) is 6.55. The fraction of sp³-hybridized carbons (Fsp3) is 0.350. The highest BCUT2D eigenvalue weighted by Gasteiger charge is 2.29. The van der Waals surface area contributed by atoms with Crippen LogP contribution >= 0.6 is 0 Å². The van der Waals surface area contributed by atoms with Gasteiger partial charge in [0.25, 0.3) is 5.91 Å². The van der Waals surface area contributed by atoms with Gasteiger partial charge in [0, 0.05) is 25.2 Å². The van der Waals surface area contributed by atoms with E-state index in [2.05, 4.69) is 55.6 Å². The molecule has 2 aromatic carbocycles. The van der Waals surface area contributed by atoms with Crippen molar-refractivity contribution in [2.24, 2.45) is 0 Å². The summed E-state index contributed by atoms with van der Waals surface area (Å²) in [4.78, 5) is 14.7. The Bertz CT molecular complexity index is 719. The van der Waals surface area contributed by atoms with Gasteiger partial charge in [0.15, 0.2) is 0 Å². The Morgan fingerprint density at radius 2 is 1.83 bits per heavy atom. The first-order valence-corrected chi connectivity index (χ1v) is 8.26. The van der Waals surface area contributed by atoms with E-state index in [1.807, 2.05) is 11.8 Å². The van der Waals surface area contributed by atoms with Gasteiger partial charge in [0.1, 0.15) is 0 Å². The normalized spacial score (nSPS) is 13.5. The zero-order valence-corrected chi connectivity index (χ0v) is 14.1. The van der Waals surface area contributed by atoms with Gasteiger partial charge in [-0.25, -0.2) is 0 Å². The minimum atomic E-state index is 0.160. The van der Waals surface area contributed by atoms with E-state index in [4.69, 9.17) is 0 Å². The molecule has 1 aliphatic heterocycles. The molecule has 0 fully saturated rings. The molecular formula is C20H24N2O. The van der Waals surface area contributed by atoms with E-state index in [1.54, 1.807) is 0 Å². The monoisotopic (exact) mass is 308 g/mol. The number of carbonyl (C=O) groups is 1. The summed E-state index contributed by atoms with van der Waals surface area (Å²) in [6.45, 7) is 9.43. The van der Waals surface area contributed by atoms with Crippen molar-refractivity contribution in [3.05, 3.63) is 69.8 Å². The van der Waals surface area contributed by atoms with E-state index >= 15 is 0 Å². The lowest BCUT2D eigenvalue weighted by atomic mass is 10.0. The maximum atomic E-state index is 12.7. The average Bonchev–Trinajstić information content (AvgIpc) is 2.84. The van der Waals surface area contributed by atoms with Crippen molar-refractivity contribution >= 4 is 5.91 Å². The Morgan fingerprint density at radius 3 is 2.52 bits per heavy atom. The predicted octanol–water partition coefficient (Wildman–Crippen LogP) is 3.57. The van der Waals surface area contributed by atoms with Crippen molar-refractivity contribution in [3.63, 3.8) is 0 Å². The quantitative estimate of drug-likeness (QED) is 0.916. The van der Waals surface area contributed by atoms with Crippen LogP contribution in [0.5, 0.6) is 0 Å². The third kappa shape index (κ3) is 3.30. The molecule has 3 heteroatoms. The molecule has 1 N–H and O–H groups in total. The van der Waals surface area contributed by atoms with Gasteiger partial charge in [-0.1, -0.05) is 48.9 Å². The summed E-state index contributed by atoms with van der Waals surface area (Å²) in [6.07, 6.45) is 0. The average molecular weight is 308 g/mol. The molecule has 0 saturated carbocycles. The maximum absolute atomic E-state index is 12.7. The molecule has 0 spiro atoms. The van der Waals surface area contributed by atoms with E-state index in [9.17, 15) is 4.79 Å². The fourth-order valence-corrected chi connectivity index (χ4v) is 3.22. The second-order valence-corrected chi connectivity index (χ2v) is 6.37. The highest BCUT2D eigenvalue weighted by atomic mass is 16.2. The molecular weight excluding hydrogens is 284 g/mol. The van der Waals surface area contributed by atoms with Crippen molar-refractivity contribution in [2.45, 2.75) is 40.4 Å². The van der Waals surface area contributed by atoms with E-state index in [0.717, 1.165) is 29.8 Å². The summed E-state index contributed by atoms with van der Waals surface area (Å²) in [6, 6.07) is 12.7. The van der Waals surface area contributed by atoms with Crippen LogP contribution in [0, 0.1) is 13.8 Å². The largest absolute Gasteiger partial charge is 0.330 e. The fourth-order valence-electron chi connectivity index (χ4n) is 3.22. The molecule has 1 amide bonds. The van der Waals surface area contributed by atoms with Crippen molar-refractivity contribution in [1.82, 2.24) is 10.2 Å². The smallest absolute Gasteiger partial charge is 0.255 e. The molecule has 0 bridgehead atoms. The summed E-state index contributed by atoms with van der Waals surface area (Å²) in [5.74, 6) is 0.160. The highest BCUT2D eigenvalue weighted by Crippen LogP contribution is 2.28. The lowest BCUT2D eigenvalue weighted by Gasteiger charge is -2.15. The van der Waals surface area contributed by atoms with E-state index in [1.165, 1.54) is 16.7 Å². The van der Waals surface area contributed by atoms with Gasteiger partial charge in [-0.15, -0.1) is 0 Å². The van der Waals surface area contributed by atoms with Crippen LogP contribution in [0.3, 0.4) is 0 Å². The SMILES string of the molecule is CCNCc1cc(C)c2c(c1)CN(Cc1ccc(C)cc1)C2=O. The predicted molar refractivity (Wildman–Crippen MR) is 93.3 cm³/mol. The molecule has 0 radical (unpaired) electrons. The van der Waals surface area contributed by atoms with Crippen molar-refractivity contribution in [3.8, 4) is 0 Å². The molecule has 3 rings (SSSR count). The van der Waals surface area contributed by atoms with Gasteiger partial charge in [0.2, 0.25) is 0 Å². The number of fused-ring (bicyclic) bond motifs is 1. The number of hydrogen-bond donors (Lipinski definition) is 1. The molecule has 2 aromatic rings. The molecule has 1 heterocycles. The van der Waals surface area contributed by atoms with Gasteiger partial charge >= 0.3 is 0 Å². The van der Waals surface area contributed by atoms with Gasteiger partial charge in [-0.05, 0) is 42.6 Å². The Balaban J connectivity index is 1.80. The molecule has 1 aliphatic rings. The third-order valence-electron chi connectivity index (χ3n) is 4.41. The highest BCUT2D eigenvalue weighted by molar-refractivity contribution is 5.99. The number of nitrogens with zero attached hydrogens (tertiary/aromatic N) is 1. The van der Waals surface area contributed by atoms with Crippen LogP contribution in [0.4, 0.5) is 0 Å². The van der Waals surface area contributed by atoms with Crippen molar-refractivity contribution in [1.29, 1.82) is 0 Å². The van der Waals surface area contributed by atoms with Crippen LogP contribution < -0.4 is 5.32 Å². The molecule has 120 valence electrons. The first kappa shape index (κ1) is 15.8. The summed E-state index contributed by atoms with van der Waals surface area (Å²) >= 11 is 0. The van der Waals surface area contributed by atoms with Gasteiger partial charge in [-0.2, -0.15) is 0 Å². The lowest BCUT2D eigenvalue weighted by molar-refractivity contribution is 0.0766. The van der Waals surface area contributed by atoms with Crippen LogP contribution in [-0.2, 0) is 19.6 Å². The van der Waals surface area contributed by atoms with Crippen molar-refractivity contribution < 1.29 is 4.79 Å².